The second kappa shape index (κ2) is 10.8. The zero-order valence-electron chi connectivity index (χ0n) is 17.4. The minimum absolute atomic E-state index is 0.127. The first-order valence-electron chi connectivity index (χ1n) is 9.55. The summed E-state index contributed by atoms with van der Waals surface area (Å²) in [4.78, 5) is 14.3. The van der Waals surface area contributed by atoms with Crippen molar-refractivity contribution in [3.05, 3.63) is 18.2 Å². The van der Waals surface area contributed by atoms with Gasteiger partial charge in [0.25, 0.3) is 5.91 Å². The topological polar surface area (TPSA) is 94.6 Å². The Bertz CT molecular complexity index is 777. The minimum Gasteiger partial charge on any atom is -0.493 e. The van der Waals surface area contributed by atoms with Crippen molar-refractivity contribution < 1.29 is 32.2 Å². The van der Waals surface area contributed by atoms with Crippen molar-refractivity contribution in [2.45, 2.75) is 24.8 Å². The molecule has 2 rings (SSSR count). The molecule has 9 nitrogen and oxygen atoms in total. The van der Waals surface area contributed by atoms with Gasteiger partial charge in [0.2, 0.25) is 10.0 Å². The summed E-state index contributed by atoms with van der Waals surface area (Å²) < 4.78 is 48.3. The summed E-state index contributed by atoms with van der Waals surface area (Å²) >= 11 is 0. The summed E-state index contributed by atoms with van der Waals surface area (Å²) in [5.74, 6) is 0.658. The molecule has 1 atom stereocenters. The van der Waals surface area contributed by atoms with Gasteiger partial charge >= 0.3 is 0 Å². The van der Waals surface area contributed by atoms with E-state index in [1.165, 1.54) is 30.7 Å². The van der Waals surface area contributed by atoms with Crippen LogP contribution in [0.2, 0.25) is 0 Å². The zero-order valence-corrected chi connectivity index (χ0v) is 18.2. The average Bonchev–Trinajstić information content (AvgIpc) is 2.75. The predicted molar refractivity (Wildman–Crippen MR) is 107 cm³/mol. The van der Waals surface area contributed by atoms with Crippen LogP contribution in [-0.4, -0.2) is 89.9 Å². The van der Waals surface area contributed by atoms with Crippen molar-refractivity contribution >= 4 is 15.9 Å². The summed E-state index contributed by atoms with van der Waals surface area (Å²) in [5.41, 5.74) is 0. The number of amides is 1. The number of methoxy groups -OCH3 is 2. The van der Waals surface area contributed by atoms with Gasteiger partial charge in [0, 0.05) is 38.9 Å². The van der Waals surface area contributed by atoms with Gasteiger partial charge in [0.05, 0.1) is 32.3 Å². The third kappa shape index (κ3) is 5.81. The molecule has 1 aromatic rings. The molecule has 0 bridgehead atoms. The van der Waals surface area contributed by atoms with Crippen LogP contribution in [0.4, 0.5) is 0 Å². The Morgan fingerprint density at radius 3 is 2.31 bits per heavy atom. The van der Waals surface area contributed by atoms with E-state index in [1.54, 1.807) is 17.9 Å². The van der Waals surface area contributed by atoms with Crippen LogP contribution in [0.5, 0.6) is 11.5 Å². The lowest BCUT2D eigenvalue weighted by Gasteiger charge is -2.35. The van der Waals surface area contributed by atoms with Crippen molar-refractivity contribution in [1.29, 1.82) is 0 Å². The maximum atomic E-state index is 13.0. The number of sulfonamides is 1. The molecule has 0 saturated carbocycles. The molecule has 1 aromatic carbocycles. The van der Waals surface area contributed by atoms with Gasteiger partial charge in [-0.3, -0.25) is 4.79 Å². The number of nitrogens with zero attached hydrogens (tertiary/aromatic N) is 2. The lowest BCUT2D eigenvalue weighted by atomic mass is 10.3. The molecule has 164 valence electrons. The third-order valence-electron chi connectivity index (χ3n) is 4.69. The number of rotatable bonds is 10. The molecular weight excluding hydrogens is 400 g/mol. The van der Waals surface area contributed by atoms with Crippen LogP contribution in [-0.2, 0) is 24.3 Å². The van der Waals surface area contributed by atoms with E-state index in [9.17, 15) is 13.2 Å². The highest BCUT2D eigenvalue weighted by Crippen LogP contribution is 2.30. The van der Waals surface area contributed by atoms with Crippen molar-refractivity contribution in [3.8, 4) is 11.5 Å². The van der Waals surface area contributed by atoms with Crippen LogP contribution < -0.4 is 9.47 Å². The molecule has 1 saturated heterocycles. The van der Waals surface area contributed by atoms with Crippen LogP contribution in [0.15, 0.2) is 23.1 Å². The zero-order chi connectivity index (χ0) is 21.4. The van der Waals surface area contributed by atoms with Crippen molar-refractivity contribution in [1.82, 2.24) is 9.21 Å². The SMILES string of the molecule is CCOCCOC(C)C(=O)N1CCN(S(=O)(=O)c2ccc(OC)c(OC)c2)CC1. The Balaban J connectivity index is 1.96. The third-order valence-corrected chi connectivity index (χ3v) is 6.59. The van der Waals surface area contributed by atoms with E-state index in [-0.39, 0.29) is 23.9 Å². The van der Waals surface area contributed by atoms with Crippen molar-refractivity contribution in [3.63, 3.8) is 0 Å². The van der Waals surface area contributed by atoms with E-state index in [0.717, 1.165) is 0 Å². The van der Waals surface area contributed by atoms with Gasteiger partial charge in [-0.1, -0.05) is 0 Å². The number of benzene rings is 1. The Hall–Kier alpha value is -1.88. The van der Waals surface area contributed by atoms with E-state index in [0.29, 0.717) is 44.4 Å². The molecule has 1 fully saturated rings. The lowest BCUT2D eigenvalue weighted by Crippen LogP contribution is -2.52. The van der Waals surface area contributed by atoms with E-state index in [4.69, 9.17) is 18.9 Å². The summed E-state index contributed by atoms with van der Waals surface area (Å²) in [6, 6.07) is 4.50. The average molecular weight is 431 g/mol. The fourth-order valence-electron chi connectivity index (χ4n) is 3.03. The first-order valence-corrected chi connectivity index (χ1v) is 11.0. The van der Waals surface area contributed by atoms with Gasteiger partial charge in [-0.15, -0.1) is 0 Å². The van der Waals surface area contributed by atoms with E-state index in [2.05, 4.69) is 0 Å². The Kier molecular flexibility index (Phi) is 8.69. The van der Waals surface area contributed by atoms with E-state index in [1.807, 2.05) is 6.92 Å². The molecule has 1 amide bonds. The standard InChI is InChI=1S/C19H30N2O7S/c1-5-27-12-13-28-15(2)19(22)20-8-10-21(11-9-20)29(23,24)16-6-7-17(25-3)18(14-16)26-4/h6-7,14-15H,5,8-13H2,1-4H3. The number of hydrogen-bond acceptors (Lipinski definition) is 7. The summed E-state index contributed by atoms with van der Waals surface area (Å²) in [6.07, 6.45) is -0.593. The maximum absolute atomic E-state index is 13.0. The highest BCUT2D eigenvalue weighted by molar-refractivity contribution is 7.89. The molecular formula is C19H30N2O7S. The summed E-state index contributed by atoms with van der Waals surface area (Å²) in [7, 11) is -0.753. The van der Waals surface area contributed by atoms with Gasteiger partial charge in [0.15, 0.2) is 11.5 Å². The minimum atomic E-state index is -3.70. The molecule has 1 aliphatic rings. The lowest BCUT2D eigenvalue weighted by molar-refractivity contribution is -0.144. The van der Waals surface area contributed by atoms with Crippen LogP contribution >= 0.6 is 0 Å². The number of ether oxygens (including phenoxy) is 4. The van der Waals surface area contributed by atoms with E-state index >= 15 is 0 Å². The van der Waals surface area contributed by atoms with E-state index < -0.39 is 16.1 Å². The van der Waals surface area contributed by atoms with Gasteiger partial charge < -0.3 is 23.8 Å². The van der Waals surface area contributed by atoms with Crippen molar-refractivity contribution in [2.24, 2.45) is 0 Å². The van der Waals surface area contributed by atoms with Gasteiger partial charge in [0.1, 0.15) is 6.10 Å². The monoisotopic (exact) mass is 430 g/mol. The molecule has 0 spiro atoms. The largest absolute Gasteiger partial charge is 0.493 e. The first-order chi connectivity index (χ1) is 13.8. The van der Waals surface area contributed by atoms with Gasteiger partial charge in [-0.2, -0.15) is 4.31 Å². The summed E-state index contributed by atoms with van der Waals surface area (Å²) in [6.45, 7) is 6.02. The normalized spacial score (nSPS) is 16.5. The molecule has 0 N–H and O–H groups in total. The second-order valence-corrected chi connectivity index (χ2v) is 8.39. The second-order valence-electron chi connectivity index (χ2n) is 6.46. The first kappa shape index (κ1) is 23.4. The number of carbonyl (C=O) groups excluding carboxylic acids is 1. The molecule has 10 heteroatoms. The molecule has 1 unspecified atom stereocenters. The van der Waals surface area contributed by atoms with Gasteiger partial charge in [-0.05, 0) is 26.0 Å². The number of hydrogen-bond donors (Lipinski definition) is 0. The Morgan fingerprint density at radius 2 is 1.72 bits per heavy atom. The van der Waals surface area contributed by atoms with Crippen LogP contribution in [0.25, 0.3) is 0 Å². The highest BCUT2D eigenvalue weighted by Gasteiger charge is 2.32. The maximum Gasteiger partial charge on any atom is 0.251 e. The molecule has 1 heterocycles. The molecule has 0 aromatic heterocycles. The van der Waals surface area contributed by atoms with Crippen LogP contribution in [0.3, 0.4) is 0 Å². The highest BCUT2D eigenvalue weighted by atomic mass is 32.2. The number of carbonyl (C=O) groups is 1. The molecule has 1 aliphatic heterocycles. The van der Waals surface area contributed by atoms with Crippen LogP contribution in [0, 0.1) is 0 Å². The quantitative estimate of drug-likeness (QED) is 0.511. The Morgan fingerprint density at radius 1 is 1.07 bits per heavy atom. The van der Waals surface area contributed by atoms with Crippen LogP contribution in [0.1, 0.15) is 13.8 Å². The smallest absolute Gasteiger partial charge is 0.251 e. The van der Waals surface area contributed by atoms with Gasteiger partial charge in [-0.25, -0.2) is 8.42 Å². The predicted octanol–water partition coefficient (Wildman–Crippen LogP) is 0.978. The van der Waals surface area contributed by atoms with Crippen molar-refractivity contribution in [2.75, 3.05) is 60.2 Å². The molecule has 0 radical (unpaired) electrons. The fraction of sp³-hybridized carbons (Fsp3) is 0.632. The molecule has 29 heavy (non-hydrogen) atoms. The number of piperazine rings is 1. The Labute approximate surface area is 172 Å². The molecule has 0 aliphatic carbocycles. The fourth-order valence-corrected chi connectivity index (χ4v) is 4.47. The summed E-state index contributed by atoms with van der Waals surface area (Å²) in [5, 5.41) is 0.